The maximum atomic E-state index is 13.3. The molecule has 20 heavy (non-hydrogen) atoms. The van der Waals surface area contributed by atoms with Crippen LogP contribution in [0.5, 0.6) is 0 Å². The molecule has 1 aromatic heterocycles. The first-order valence-corrected chi connectivity index (χ1v) is 6.23. The summed E-state index contributed by atoms with van der Waals surface area (Å²) in [6.45, 7) is 1.53. The molecule has 2 rings (SSSR count). The van der Waals surface area contributed by atoms with Gasteiger partial charge in [-0.25, -0.2) is 9.18 Å². The number of halogens is 1. The van der Waals surface area contributed by atoms with Crippen LogP contribution in [0.4, 0.5) is 15.1 Å². The Morgan fingerprint density at radius 1 is 1.45 bits per heavy atom. The quantitative estimate of drug-likeness (QED) is 0.752. The Labute approximate surface area is 117 Å². The number of hydrogen-bond donors (Lipinski definition) is 3. The highest BCUT2D eigenvalue weighted by atomic mass is 32.1. The van der Waals surface area contributed by atoms with E-state index in [4.69, 9.17) is 10.8 Å². The highest BCUT2D eigenvalue weighted by Crippen LogP contribution is 2.25. The fourth-order valence-corrected chi connectivity index (χ4v) is 2.33. The van der Waals surface area contributed by atoms with Gasteiger partial charge in [0.15, 0.2) is 0 Å². The van der Waals surface area contributed by atoms with Gasteiger partial charge in [-0.15, -0.1) is 0 Å². The predicted molar refractivity (Wildman–Crippen MR) is 72.6 cm³/mol. The molecule has 0 atom stereocenters. The number of benzene rings is 1. The van der Waals surface area contributed by atoms with E-state index >= 15 is 0 Å². The summed E-state index contributed by atoms with van der Waals surface area (Å²) in [6, 6.07) is 3.60. The highest BCUT2D eigenvalue weighted by molar-refractivity contribution is 7.11. The lowest BCUT2D eigenvalue weighted by molar-refractivity contribution is 0.0697. The van der Waals surface area contributed by atoms with Crippen LogP contribution in [0, 0.1) is 12.7 Å². The number of anilines is 2. The third kappa shape index (κ3) is 2.59. The number of amides is 1. The summed E-state index contributed by atoms with van der Waals surface area (Å²) in [4.78, 5) is 23.0. The van der Waals surface area contributed by atoms with Crippen molar-refractivity contribution in [3.05, 3.63) is 40.8 Å². The van der Waals surface area contributed by atoms with Crippen LogP contribution in [0.3, 0.4) is 0 Å². The molecule has 0 spiro atoms. The fraction of sp³-hybridized carbons (Fsp3) is 0.0833. The number of nitrogens with one attached hydrogen (secondary N) is 1. The predicted octanol–water partition coefficient (Wildman–Crippen LogP) is 2.12. The van der Waals surface area contributed by atoms with Gasteiger partial charge in [-0.3, -0.25) is 4.79 Å². The van der Waals surface area contributed by atoms with E-state index in [9.17, 15) is 14.0 Å². The minimum Gasteiger partial charge on any atom is -0.478 e. The van der Waals surface area contributed by atoms with Crippen LogP contribution in [-0.2, 0) is 0 Å². The zero-order valence-corrected chi connectivity index (χ0v) is 11.1. The number of hydrogen-bond acceptors (Lipinski definition) is 5. The van der Waals surface area contributed by atoms with Crippen LogP contribution >= 0.6 is 11.5 Å². The van der Waals surface area contributed by atoms with Crippen molar-refractivity contribution in [3.8, 4) is 0 Å². The lowest BCUT2D eigenvalue weighted by Gasteiger charge is -2.05. The molecule has 6 nitrogen and oxygen atoms in total. The molecule has 0 fully saturated rings. The van der Waals surface area contributed by atoms with E-state index < -0.39 is 17.7 Å². The molecule has 0 aliphatic rings. The molecule has 1 amide bonds. The number of nitrogen functional groups attached to an aromatic ring is 1. The maximum Gasteiger partial charge on any atom is 0.340 e. The molecule has 8 heteroatoms. The van der Waals surface area contributed by atoms with E-state index in [0.717, 1.165) is 17.6 Å². The number of nitrogens with zero attached hydrogens (tertiary/aromatic N) is 1. The van der Waals surface area contributed by atoms with Gasteiger partial charge in [-0.05, 0) is 36.7 Å². The molecular weight excluding hydrogens is 285 g/mol. The third-order valence-electron chi connectivity index (χ3n) is 2.57. The van der Waals surface area contributed by atoms with E-state index in [1.807, 2.05) is 0 Å². The van der Waals surface area contributed by atoms with Crippen LogP contribution in [-0.4, -0.2) is 21.4 Å². The van der Waals surface area contributed by atoms with Gasteiger partial charge in [-0.1, -0.05) is 0 Å². The standard InChI is InChI=1S/C12H10FN3O3S/c1-5-9(12(18)19)11(20-16-5)15-10(17)6-2-3-8(14)7(13)4-6/h2-4H,14H2,1H3,(H,15,17)(H,18,19). The van der Waals surface area contributed by atoms with Crippen molar-refractivity contribution < 1.29 is 19.1 Å². The number of carbonyl (C=O) groups is 2. The van der Waals surface area contributed by atoms with Crippen molar-refractivity contribution in [1.29, 1.82) is 0 Å². The lowest BCUT2D eigenvalue weighted by atomic mass is 10.2. The third-order valence-corrected chi connectivity index (χ3v) is 3.42. The second-order valence-electron chi connectivity index (χ2n) is 3.97. The zero-order chi connectivity index (χ0) is 14.9. The van der Waals surface area contributed by atoms with Crippen molar-refractivity contribution in [2.45, 2.75) is 6.92 Å². The summed E-state index contributed by atoms with van der Waals surface area (Å²) < 4.78 is 17.1. The average molecular weight is 295 g/mol. The molecular formula is C12H10FN3O3S. The molecule has 104 valence electrons. The number of aromatic carboxylic acids is 1. The Morgan fingerprint density at radius 3 is 2.75 bits per heavy atom. The molecule has 0 bridgehead atoms. The molecule has 0 unspecified atom stereocenters. The van der Waals surface area contributed by atoms with Gasteiger partial charge in [0.2, 0.25) is 0 Å². The molecule has 4 N–H and O–H groups in total. The van der Waals surface area contributed by atoms with Crippen molar-refractivity contribution in [3.63, 3.8) is 0 Å². The van der Waals surface area contributed by atoms with Gasteiger partial charge in [0.25, 0.3) is 5.91 Å². The van der Waals surface area contributed by atoms with Gasteiger partial charge < -0.3 is 16.2 Å². The zero-order valence-electron chi connectivity index (χ0n) is 10.3. The molecule has 2 aromatic rings. The second kappa shape index (κ2) is 5.25. The van der Waals surface area contributed by atoms with E-state index in [1.165, 1.54) is 19.1 Å². The topological polar surface area (TPSA) is 105 Å². The van der Waals surface area contributed by atoms with Gasteiger partial charge in [-0.2, -0.15) is 4.37 Å². The Bertz CT molecular complexity index is 699. The first-order valence-electron chi connectivity index (χ1n) is 5.46. The molecule has 0 saturated heterocycles. The minimum absolute atomic E-state index is 0.0408. The van der Waals surface area contributed by atoms with Crippen LogP contribution in [0.1, 0.15) is 26.4 Å². The first-order chi connectivity index (χ1) is 9.40. The summed E-state index contributed by atoms with van der Waals surface area (Å²) in [5, 5.41) is 11.6. The van der Waals surface area contributed by atoms with E-state index in [0.29, 0.717) is 5.69 Å². The van der Waals surface area contributed by atoms with Crippen LogP contribution < -0.4 is 11.1 Å². The van der Waals surface area contributed by atoms with Crippen molar-refractivity contribution in [1.82, 2.24) is 4.37 Å². The molecule has 0 aliphatic heterocycles. The highest BCUT2D eigenvalue weighted by Gasteiger charge is 2.20. The van der Waals surface area contributed by atoms with Crippen molar-refractivity contribution in [2.24, 2.45) is 0 Å². The van der Waals surface area contributed by atoms with Crippen LogP contribution in [0.15, 0.2) is 18.2 Å². The van der Waals surface area contributed by atoms with E-state index in [1.54, 1.807) is 0 Å². The molecule has 0 saturated carbocycles. The van der Waals surface area contributed by atoms with Gasteiger partial charge in [0.1, 0.15) is 16.4 Å². The molecule has 1 heterocycles. The van der Waals surface area contributed by atoms with Crippen molar-refractivity contribution in [2.75, 3.05) is 11.1 Å². The summed E-state index contributed by atoms with van der Waals surface area (Å²) in [6.07, 6.45) is 0. The Morgan fingerprint density at radius 2 is 2.15 bits per heavy atom. The monoisotopic (exact) mass is 295 g/mol. The average Bonchev–Trinajstić information content (AvgIpc) is 2.73. The molecule has 1 aromatic carbocycles. The Kier molecular flexibility index (Phi) is 3.66. The largest absolute Gasteiger partial charge is 0.478 e. The Balaban J connectivity index is 2.28. The van der Waals surface area contributed by atoms with Crippen LogP contribution in [0.2, 0.25) is 0 Å². The van der Waals surface area contributed by atoms with Gasteiger partial charge >= 0.3 is 5.97 Å². The number of aryl methyl sites for hydroxylation is 1. The summed E-state index contributed by atoms with van der Waals surface area (Å²) >= 11 is 0.854. The Hall–Kier alpha value is -2.48. The normalized spacial score (nSPS) is 10.3. The van der Waals surface area contributed by atoms with Crippen LogP contribution in [0.25, 0.3) is 0 Å². The van der Waals surface area contributed by atoms with Gasteiger partial charge in [0.05, 0.1) is 11.4 Å². The number of carboxylic acids is 1. The van der Waals surface area contributed by atoms with Gasteiger partial charge in [0, 0.05) is 5.56 Å². The maximum absolute atomic E-state index is 13.3. The molecule has 0 radical (unpaired) electrons. The minimum atomic E-state index is -1.19. The number of aromatic nitrogens is 1. The first kappa shape index (κ1) is 13.9. The molecule has 0 aliphatic carbocycles. The summed E-state index contributed by atoms with van der Waals surface area (Å²) in [7, 11) is 0. The fourth-order valence-electron chi connectivity index (χ4n) is 1.55. The number of rotatable bonds is 3. The second-order valence-corrected chi connectivity index (χ2v) is 4.74. The van der Waals surface area contributed by atoms with E-state index in [2.05, 4.69) is 9.69 Å². The number of nitrogens with two attached hydrogens (primary N) is 1. The number of carbonyl (C=O) groups excluding carboxylic acids is 1. The lowest BCUT2D eigenvalue weighted by Crippen LogP contribution is -2.14. The summed E-state index contributed by atoms with van der Waals surface area (Å²) in [5.74, 6) is -2.53. The van der Waals surface area contributed by atoms with E-state index in [-0.39, 0.29) is 21.8 Å². The smallest absolute Gasteiger partial charge is 0.340 e. The summed E-state index contributed by atoms with van der Waals surface area (Å²) in [5.41, 5.74) is 5.53. The van der Waals surface area contributed by atoms with Crippen molar-refractivity contribution >= 4 is 34.1 Å². The SMILES string of the molecule is Cc1nsc(NC(=O)c2ccc(N)c(F)c2)c1C(=O)O. The number of carboxylic acid groups (broad SMARTS) is 1.